The van der Waals surface area contributed by atoms with E-state index in [1.54, 1.807) is 0 Å². The van der Waals surface area contributed by atoms with E-state index in [0.717, 1.165) is 0 Å². The van der Waals surface area contributed by atoms with Gasteiger partial charge in [-0.2, -0.15) is 0 Å². The van der Waals surface area contributed by atoms with Gasteiger partial charge in [0, 0.05) is 6.54 Å². The second-order valence-corrected chi connectivity index (χ2v) is 4.09. The van der Waals surface area contributed by atoms with Crippen molar-refractivity contribution < 1.29 is 9.47 Å². The fourth-order valence-corrected chi connectivity index (χ4v) is 1.90. The van der Waals surface area contributed by atoms with Gasteiger partial charge in [-0.05, 0) is 16.3 Å². The Hall–Kier alpha value is -1.42. The molecule has 0 aliphatic carbocycles. The molecule has 0 amide bonds. The van der Waals surface area contributed by atoms with Crippen LogP contribution in [0, 0.1) is 0 Å². The molecule has 96 valence electrons. The number of hydrogen-bond donors (Lipinski definition) is 1. The van der Waals surface area contributed by atoms with Crippen molar-refractivity contribution in [2.45, 2.75) is 6.61 Å². The molecular formula is C15H19NO2. The fourth-order valence-electron chi connectivity index (χ4n) is 1.90. The largest absolute Gasteiger partial charge is 0.378 e. The minimum absolute atomic E-state index is 0.559. The van der Waals surface area contributed by atoms with Crippen molar-refractivity contribution >= 4 is 10.8 Å². The SMILES string of the molecule is NCCOCCOCc1cccc2ccccc12. The molecular weight excluding hydrogens is 226 g/mol. The molecule has 3 heteroatoms. The first-order valence-electron chi connectivity index (χ1n) is 6.24. The predicted molar refractivity (Wildman–Crippen MR) is 73.5 cm³/mol. The summed E-state index contributed by atoms with van der Waals surface area (Å²) in [7, 11) is 0. The van der Waals surface area contributed by atoms with E-state index in [4.69, 9.17) is 15.2 Å². The van der Waals surface area contributed by atoms with Gasteiger partial charge in [-0.1, -0.05) is 42.5 Å². The van der Waals surface area contributed by atoms with Gasteiger partial charge in [-0.15, -0.1) is 0 Å². The summed E-state index contributed by atoms with van der Waals surface area (Å²) in [6.07, 6.45) is 0. The molecule has 0 atom stereocenters. The summed E-state index contributed by atoms with van der Waals surface area (Å²) in [5, 5.41) is 2.50. The molecule has 18 heavy (non-hydrogen) atoms. The third-order valence-corrected chi connectivity index (χ3v) is 2.77. The molecule has 2 rings (SSSR count). The summed E-state index contributed by atoms with van der Waals surface area (Å²) < 4.78 is 10.9. The zero-order valence-electron chi connectivity index (χ0n) is 10.5. The highest BCUT2D eigenvalue weighted by Crippen LogP contribution is 2.18. The number of nitrogens with two attached hydrogens (primary N) is 1. The summed E-state index contributed by atoms with van der Waals surface area (Å²) in [5.41, 5.74) is 6.55. The van der Waals surface area contributed by atoms with E-state index in [9.17, 15) is 0 Å². The topological polar surface area (TPSA) is 44.5 Å². The molecule has 0 fully saturated rings. The van der Waals surface area contributed by atoms with Crippen LogP contribution in [-0.4, -0.2) is 26.4 Å². The summed E-state index contributed by atoms with van der Waals surface area (Å²) >= 11 is 0. The van der Waals surface area contributed by atoms with Crippen LogP contribution in [0.3, 0.4) is 0 Å². The zero-order chi connectivity index (χ0) is 12.6. The first-order valence-corrected chi connectivity index (χ1v) is 6.24. The van der Waals surface area contributed by atoms with Gasteiger partial charge in [-0.3, -0.25) is 0 Å². The van der Waals surface area contributed by atoms with Crippen molar-refractivity contribution in [1.82, 2.24) is 0 Å². The van der Waals surface area contributed by atoms with E-state index in [1.165, 1.54) is 16.3 Å². The van der Waals surface area contributed by atoms with Gasteiger partial charge in [0.1, 0.15) is 0 Å². The van der Waals surface area contributed by atoms with Crippen molar-refractivity contribution in [3.8, 4) is 0 Å². The minimum atomic E-state index is 0.559. The van der Waals surface area contributed by atoms with Crippen LogP contribution < -0.4 is 5.73 Å². The number of benzene rings is 2. The number of rotatable bonds is 7. The molecule has 2 N–H and O–H groups in total. The molecule has 0 aliphatic rings. The lowest BCUT2D eigenvalue weighted by atomic mass is 10.1. The third-order valence-electron chi connectivity index (χ3n) is 2.77. The molecule has 2 aromatic carbocycles. The Morgan fingerprint density at radius 3 is 2.50 bits per heavy atom. The average molecular weight is 245 g/mol. The number of ether oxygens (including phenoxy) is 2. The molecule has 0 aliphatic heterocycles. The van der Waals surface area contributed by atoms with Gasteiger partial charge < -0.3 is 15.2 Å². The van der Waals surface area contributed by atoms with Gasteiger partial charge in [0.15, 0.2) is 0 Å². The van der Waals surface area contributed by atoms with Crippen molar-refractivity contribution in [1.29, 1.82) is 0 Å². The maximum atomic E-state index is 5.61. The molecule has 0 unspecified atom stereocenters. The van der Waals surface area contributed by atoms with Crippen LogP contribution in [0.5, 0.6) is 0 Å². The Morgan fingerprint density at radius 2 is 1.61 bits per heavy atom. The van der Waals surface area contributed by atoms with E-state index >= 15 is 0 Å². The van der Waals surface area contributed by atoms with Gasteiger partial charge in [-0.25, -0.2) is 0 Å². The Bertz CT molecular complexity index is 479. The average Bonchev–Trinajstić information content (AvgIpc) is 2.43. The van der Waals surface area contributed by atoms with Crippen molar-refractivity contribution in [2.24, 2.45) is 5.73 Å². The first-order chi connectivity index (χ1) is 8.92. The highest BCUT2D eigenvalue weighted by atomic mass is 16.5. The normalized spacial score (nSPS) is 10.9. The molecule has 3 nitrogen and oxygen atoms in total. The Kier molecular flexibility index (Phi) is 5.15. The van der Waals surface area contributed by atoms with Gasteiger partial charge >= 0.3 is 0 Å². The van der Waals surface area contributed by atoms with Gasteiger partial charge in [0.2, 0.25) is 0 Å². The summed E-state index contributed by atoms with van der Waals surface area (Å²) in [6.45, 7) is 2.97. The highest BCUT2D eigenvalue weighted by molar-refractivity contribution is 5.85. The quantitative estimate of drug-likeness (QED) is 0.761. The van der Waals surface area contributed by atoms with Crippen LogP contribution in [0.4, 0.5) is 0 Å². The van der Waals surface area contributed by atoms with Crippen LogP contribution in [0.25, 0.3) is 10.8 Å². The van der Waals surface area contributed by atoms with E-state index < -0.39 is 0 Å². The second kappa shape index (κ2) is 7.11. The summed E-state index contributed by atoms with van der Waals surface area (Å²) in [6, 6.07) is 14.6. The van der Waals surface area contributed by atoms with Crippen molar-refractivity contribution in [3.05, 3.63) is 48.0 Å². The lowest BCUT2D eigenvalue weighted by Crippen LogP contribution is -2.12. The first kappa shape index (κ1) is 13.0. The molecule has 0 radical (unpaired) electrons. The molecule has 0 bridgehead atoms. The maximum absolute atomic E-state index is 5.61. The van der Waals surface area contributed by atoms with E-state index in [0.29, 0.717) is 33.0 Å². The molecule has 0 saturated carbocycles. The predicted octanol–water partition coefficient (Wildman–Crippen LogP) is 2.33. The second-order valence-electron chi connectivity index (χ2n) is 4.09. The summed E-state index contributed by atoms with van der Waals surface area (Å²) in [4.78, 5) is 0. The standard InChI is InChI=1S/C15H19NO2/c16-8-9-17-10-11-18-12-14-6-3-5-13-4-1-2-7-15(13)14/h1-7H,8-12,16H2. The van der Waals surface area contributed by atoms with E-state index in [-0.39, 0.29) is 0 Å². The van der Waals surface area contributed by atoms with E-state index in [2.05, 4.69) is 36.4 Å². The number of fused-ring (bicyclic) bond motifs is 1. The Morgan fingerprint density at radius 1 is 0.833 bits per heavy atom. The minimum Gasteiger partial charge on any atom is -0.378 e. The van der Waals surface area contributed by atoms with Crippen LogP contribution in [0.1, 0.15) is 5.56 Å². The fraction of sp³-hybridized carbons (Fsp3) is 0.333. The number of hydrogen-bond acceptors (Lipinski definition) is 3. The maximum Gasteiger partial charge on any atom is 0.0724 e. The van der Waals surface area contributed by atoms with Crippen molar-refractivity contribution in [3.63, 3.8) is 0 Å². The molecule has 0 spiro atoms. The smallest absolute Gasteiger partial charge is 0.0724 e. The van der Waals surface area contributed by atoms with Crippen LogP contribution in [-0.2, 0) is 16.1 Å². The lowest BCUT2D eigenvalue weighted by Gasteiger charge is -2.08. The van der Waals surface area contributed by atoms with Crippen LogP contribution >= 0.6 is 0 Å². The third kappa shape index (κ3) is 3.53. The zero-order valence-corrected chi connectivity index (χ0v) is 10.5. The monoisotopic (exact) mass is 245 g/mol. The van der Waals surface area contributed by atoms with Crippen LogP contribution in [0.2, 0.25) is 0 Å². The highest BCUT2D eigenvalue weighted by Gasteiger charge is 1.99. The van der Waals surface area contributed by atoms with Crippen LogP contribution in [0.15, 0.2) is 42.5 Å². The van der Waals surface area contributed by atoms with Gasteiger partial charge in [0.05, 0.1) is 26.4 Å². The molecule has 2 aromatic rings. The van der Waals surface area contributed by atoms with Crippen molar-refractivity contribution in [2.75, 3.05) is 26.4 Å². The molecule has 0 saturated heterocycles. The lowest BCUT2D eigenvalue weighted by molar-refractivity contribution is 0.0437. The Balaban J connectivity index is 1.88. The van der Waals surface area contributed by atoms with E-state index in [1.807, 2.05) is 6.07 Å². The molecule has 0 heterocycles. The molecule has 0 aromatic heterocycles. The Labute approximate surface area is 108 Å². The van der Waals surface area contributed by atoms with Gasteiger partial charge in [0.25, 0.3) is 0 Å². The summed E-state index contributed by atoms with van der Waals surface area (Å²) in [5.74, 6) is 0.